The Morgan fingerprint density at radius 1 is 0.618 bits per heavy atom. The molecule has 4 aromatic carbocycles. The molecule has 0 bridgehead atoms. The second kappa shape index (κ2) is 9.07. The molecule has 0 aromatic heterocycles. The summed E-state index contributed by atoms with van der Waals surface area (Å²) in [7, 11) is 0. The van der Waals surface area contributed by atoms with Gasteiger partial charge in [-0.05, 0) is 91.2 Å². The van der Waals surface area contributed by atoms with Crippen LogP contribution < -0.4 is 10.4 Å². The van der Waals surface area contributed by atoms with Crippen molar-refractivity contribution in [3.63, 3.8) is 0 Å². The molecule has 2 aliphatic rings. The van der Waals surface area contributed by atoms with Gasteiger partial charge in [0.2, 0.25) is 0 Å². The van der Waals surface area contributed by atoms with Crippen molar-refractivity contribution in [2.45, 2.75) is 14.7 Å². The van der Waals surface area contributed by atoms with Crippen LogP contribution in [0.3, 0.4) is 0 Å². The Bertz CT molecular complexity index is 1660. The van der Waals surface area contributed by atoms with Crippen LogP contribution in [-0.4, -0.2) is 23.1 Å². The summed E-state index contributed by atoms with van der Waals surface area (Å²) in [6, 6.07) is 20.2. The highest BCUT2D eigenvalue weighted by Crippen LogP contribution is 2.50. The molecule has 0 fully saturated rings. The van der Waals surface area contributed by atoms with Crippen LogP contribution in [-0.2, 0) is 0 Å². The van der Waals surface area contributed by atoms with Crippen molar-refractivity contribution in [2.24, 2.45) is 0 Å². The zero-order chi connectivity index (χ0) is 23.7. The zero-order valence-corrected chi connectivity index (χ0v) is 25.8. The summed E-state index contributed by atoms with van der Waals surface area (Å²) in [5.41, 5.74) is 9.37. The average molecular weight is 689 g/mol. The molecule has 6 rings (SSSR count). The van der Waals surface area contributed by atoms with Gasteiger partial charge in [0.05, 0.1) is 0 Å². The fourth-order valence-corrected chi connectivity index (χ4v) is 9.31. The second-order valence-electron chi connectivity index (χ2n) is 8.18. The van der Waals surface area contributed by atoms with Crippen LogP contribution in [0.4, 0.5) is 0 Å². The molecule has 0 saturated carbocycles. The predicted octanol–water partition coefficient (Wildman–Crippen LogP) is 8.53. The fourth-order valence-electron chi connectivity index (χ4n) is 5.50. The molecule has 4 aromatic rings. The number of fused-ring (bicyclic) bond motifs is 10. The van der Waals surface area contributed by atoms with E-state index in [-0.39, 0.29) is 4.36 Å². The summed E-state index contributed by atoms with van der Waals surface area (Å²) in [6.07, 6.45) is 6.53. The zero-order valence-electron chi connectivity index (χ0n) is 18.6. The van der Waals surface area contributed by atoms with Crippen LogP contribution in [0.5, 0.6) is 0 Å². The van der Waals surface area contributed by atoms with Crippen LogP contribution in [0.1, 0.15) is 11.1 Å². The normalized spacial score (nSPS) is 13.2. The molecule has 168 valence electrons. The molecule has 0 N–H and O–H groups in total. The number of benzene rings is 4. The minimum Gasteiger partial charge on any atom is -0.132 e. The van der Waals surface area contributed by atoms with Gasteiger partial charge in [0.15, 0.2) is 0 Å². The van der Waals surface area contributed by atoms with Crippen LogP contribution in [0.15, 0.2) is 69.3 Å². The lowest BCUT2D eigenvalue weighted by Gasteiger charge is -2.15. The first-order valence-corrected chi connectivity index (χ1v) is 17.0. The van der Waals surface area contributed by atoms with E-state index in [1.165, 1.54) is 79.2 Å². The molecule has 0 radical (unpaired) electrons. The third-order valence-corrected chi connectivity index (χ3v) is 10.8. The lowest BCUT2D eigenvalue weighted by Crippen LogP contribution is -2.20. The largest absolute Gasteiger partial charge is 0.330 e. The van der Waals surface area contributed by atoms with Gasteiger partial charge in [0.25, 0.3) is 0 Å². The molecule has 0 amide bonds. The highest BCUT2D eigenvalue weighted by atomic mass is 79.9. The Hall–Kier alpha value is -0.565. The van der Waals surface area contributed by atoms with Crippen LogP contribution >= 0.6 is 82.7 Å². The summed E-state index contributed by atoms with van der Waals surface area (Å²) in [5, 5.41) is 5.34. The van der Waals surface area contributed by atoms with Gasteiger partial charge in [-0.25, -0.2) is 0 Å². The Morgan fingerprint density at radius 2 is 1.21 bits per heavy atom. The summed E-state index contributed by atoms with van der Waals surface area (Å²) in [4.78, 5) is 3.95. The maximum atomic E-state index is 4.09. The monoisotopic (exact) mass is 686 g/mol. The molecule has 7 heteroatoms. The number of hydrogen-bond donors (Lipinski definition) is 0. The third-order valence-electron chi connectivity index (χ3n) is 6.74. The number of thioether (sulfide) groups is 3. The van der Waals surface area contributed by atoms with Crippen molar-refractivity contribution in [3.05, 3.63) is 76.2 Å². The van der Waals surface area contributed by atoms with Crippen molar-refractivity contribution in [1.29, 1.82) is 0 Å². The smallest absolute Gasteiger partial charge is 0.132 e. The molecule has 0 spiro atoms. The molecule has 0 atom stereocenters. The molecule has 0 unspecified atom stereocenters. The van der Waals surface area contributed by atoms with Crippen LogP contribution in [0, 0.1) is 0 Å². The molecule has 0 saturated heterocycles. The molecule has 0 heterocycles. The van der Waals surface area contributed by atoms with Crippen LogP contribution in [0.25, 0.3) is 43.0 Å². The third kappa shape index (κ3) is 3.20. The van der Waals surface area contributed by atoms with E-state index in [0.717, 1.165) is 0 Å². The van der Waals surface area contributed by atoms with Crippen LogP contribution in [0.2, 0.25) is 0 Å². The summed E-state index contributed by atoms with van der Waals surface area (Å²) < 4.78 is 1.26. The van der Waals surface area contributed by atoms with Gasteiger partial charge >= 0.3 is 4.36 Å². The maximum Gasteiger partial charge on any atom is 0.330 e. The lowest BCUT2D eigenvalue weighted by molar-refractivity contribution is 1.42. The molecular formula is C27H18BBr3S3. The van der Waals surface area contributed by atoms with Crippen molar-refractivity contribution in [3.8, 4) is 22.3 Å². The van der Waals surface area contributed by atoms with E-state index in [2.05, 4.69) is 121 Å². The van der Waals surface area contributed by atoms with E-state index in [4.69, 9.17) is 0 Å². The summed E-state index contributed by atoms with van der Waals surface area (Å²) in [5.74, 6) is 0. The molecule has 0 nitrogen and oxygen atoms in total. The summed E-state index contributed by atoms with van der Waals surface area (Å²) in [6.45, 7) is 0. The Labute approximate surface area is 237 Å². The van der Waals surface area contributed by atoms with E-state index in [1.807, 2.05) is 35.3 Å². The number of rotatable bonds is 4. The van der Waals surface area contributed by atoms with Gasteiger partial charge in [-0.2, -0.15) is 0 Å². The maximum absolute atomic E-state index is 4.09. The van der Waals surface area contributed by atoms with E-state index >= 15 is 0 Å². The van der Waals surface area contributed by atoms with Crippen molar-refractivity contribution in [2.75, 3.05) is 18.8 Å². The Morgan fingerprint density at radius 3 is 1.85 bits per heavy atom. The number of halogens is 3. The van der Waals surface area contributed by atoms with Gasteiger partial charge in [-0.15, -0.1) is 66.8 Å². The molecular weight excluding hydrogens is 671 g/mol. The molecule has 34 heavy (non-hydrogen) atoms. The van der Waals surface area contributed by atoms with E-state index in [1.54, 1.807) is 0 Å². The van der Waals surface area contributed by atoms with E-state index in [9.17, 15) is 0 Å². The second-order valence-corrected chi connectivity index (χ2v) is 14.6. The molecule has 2 aliphatic carbocycles. The van der Waals surface area contributed by atoms with Gasteiger partial charge in [-0.1, -0.05) is 36.4 Å². The van der Waals surface area contributed by atoms with Gasteiger partial charge in [-0.3, -0.25) is 0 Å². The Kier molecular flexibility index (Phi) is 6.35. The van der Waals surface area contributed by atoms with Crippen molar-refractivity contribution in [1.82, 2.24) is 0 Å². The van der Waals surface area contributed by atoms with Gasteiger partial charge in [0, 0.05) is 40.9 Å². The highest BCUT2D eigenvalue weighted by molar-refractivity contribution is 9.49. The Balaban J connectivity index is 2.00. The average Bonchev–Trinajstić information content (AvgIpc) is 3.36. The minimum absolute atomic E-state index is 0.0547. The topological polar surface area (TPSA) is 0 Å². The highest BCUT2D eigenvalue weighted by Gasteiger charge is 2.35. The van der Waals surface area contributed by atoms with E-state index in [0.29, 0.717) is 0 Å². The summed E-state index contributed by atoms with van der Waals surface area (Å²) >= 11 is 17.4. The van der Waals surface area contributed by atoms with Crippen molar-refractivity contribution < 1.29 is 0 Å². The first-order valence-electron chi connectivity index (χ1n) is 10.7. The SMILES string of the molecule is CSc1cccc2c1C(Br)=c1c-2c2c(c3c(SC)cccc13)=C(B(Br)Br)c1cccc(SC)c1-2. The fraction of sp³-hybridized carbons (Fsp3) is 0.111. The standard InChI is InChI=1S/C27H18BBr3S3/c1-32-16-10-4-7-13-19(16)25-24(20-15(26(25)28(30)31)9-6-11-17(20)33-2)22-14-8-5-12-18(34-3)21(14)27(29)23(13)22/h4-12H,1-3H3. The molecule has 0 aliphatic heterocycles. The lowest BCUT2D eigenvalue weighted by atomic mass is 9.87. The van der Waals surface area contributed by atoms with Gasteiger partial charge < -0.3 is 0 Å². The first kappa shape index (κ1) is 23.8. The predicted molar refractivity (Wildman–Crippen MR) is 167 cm³/mol. The van der Waals surface area contributed by atoms with Gasteiger partial charge in [0.1, 0.15) is 0 Å². The number of hydrogen-bond acceptors (Lipinski definition) is 3. The van der Waals surface area contributed by atoms with Crippen molar-refractivity contribution >= 4 is 108 Å². The van der Waals surface area contributed by atoms with E-state index < -0.39 is 0 Å². The minimum atomic E-state index is 0.0547. The first-order chi connectivity index (χ1) is 16.5. The quantitative estimate of drug-likeness (QED) is 0.156.